The van der Waals surface area contributed by atoms with Crippen molar-refractivity contribution in [3.63, 3.8) is 0 Å². The summed E-state index contributed by atoms with van der Waals surface area (Å²) in [5.74, 6) is 0.578. The maximum atomic E-state index is 12.0. The number of benzene rings is 1. The molecule has 3 nitrogen and oxygen atoms in total. The molecule has 2 aromatic rings. The Kier molecular flexibility index (Phi) is 2.21. The molecule has 0 radical (unpaired) electrons. The summed E-state index contributed by atoms with van der Waals surface area (Å²) in [6.07, 6.45) is 2.40. The second-order valence-corrected chi connectivity index (χ2v) is 4.95. The fraction of sp³-hybridized carbons (Fsp3) is 0.357. The van der Waals surface area contributed by atoms with Gasteiger partial charge in [-0.1, -0.05) is 12.1 Å². The zero-order chi connectivity index (χ0) is 12.0. The number of aryl methyl sites for hydroxylation is 2. The minimum Gasteiger partial charge on any atom is -0.295 e. The van der Waals surface area contributed by atoms with Crippen molar-refractivity contribution in [3.05, 3.63) is 51.4 Å². The van der Waals surface area contributed by atoms with Crippen LogP contribution in [-0.2, 0) is 0 Å². The lowest BCUT2D eigenvalue weighted by Crippen LogP contribution is -2.14. The van der Waals surface area contributed by atoms with Crippen molar-refractivity contribution < 1.29 is 0 Å². The largest absolute Gasteiger partial charge is 0.295 e. The van der Waals surface area contributed by atoms with E-state index in [1.54, 1.807) is 10.7 Å². The molecule has 1 fully saturated rings. The highest BCUT2D eigenvalue weighted by Gasteiger charge is 2.26. The monoisotopic (exact) mass is 228 g/mol. The summed E-state index contributed by atoms with van der Waals surface area (Å²) >= 11 is 0. The number of rotatable bonds is 2. The molecule has 88 valence electrons. The smallest absolute Gasteiger partial charge is 0.271 e. The fourth-order valence-corrected chi connectivity index (χ4v) is 2.16. The summed E-state index contributed by atoms with van der Waals surface area (Å²) in [5.41, 5.74) is 4.36. The molecule has 1 saturated carbocycles. The first-order chi connectivity index (χ1) is 8.15. The lowest BCUT2D eigenvalue weighted by atomic mass is 10.1. The van der Waals surface area contributed by atoms with Crippen LogP contribution in [0.25, 0.3) is 5.69 Å². The van der Waals surface area contributed by atoms with Gasteiger partial charge in [-0.3, -0.25) is 9.89 Å². The highest BCUT2D eigenvalue weighted by molar-refractivity contribution is 5.42. The van der Waals surface area contributed by atoms with E-state index in [0.717, 1.165) is 16.9 Å². The van der Waals surface area contributed by atoms with Crippen molar-refractivity contribution in [2.24, 2.45) is 0 Å². The molecule has 0 spiro atoms. The molecule has 1 aliphatic carbocycles. The van der Waals surface area contributed by atoms with E-state index >= 15 is 0 Å². The van der Waals surface area contributed by atoms with Crippen LogP contribution in [0.1, 0.15) is 35.6 Å². The second kappa shape index (κ2) is 3.62. The van der Waals surface area contributed by atoms with Crippen LogP contribution in [0.4, 0.5) is 0 Å². The van der Waals surface area contributed by atoms with Gasteiger partial charge >= 0.3 is 0 Å². The molecule has 0 bridgehead atoms. The number of H-pyrrole nitrogens is 1. The topological polar surface area (TPSA) is 37.8 Å². The van der Waals surface area contributed by atoms with Gasteiger partial charge in [0.25, 0.3) is 5.56 Å². The standard InChI is InChI=1S/C14H16N2O/c1-9-3-4-10(2)13(7-9)16-14(17)8-12(15-16)11-5-6-11/h3-4,7-8,11,15H,5-6H2,1-2H3. The third-order valence-electron chi connectivity index (χ3n) is 3.36. The van der Waals surface area contributed by atoms with Crippen molar-refractivity contribution in [1.29, 1.82) is 0 Å². The van der Waals surface area contributed by atoms with Gasteiger partial charge in [0.2, 0.25) is 0 Å². The van der Waals surface area contributed by atoms with Gasteiger partial charge in [0.15, 0.2) is 0 Å². The molecule has 1 aromatic carbocycles. The summed E-state index contributed by atoms with van der Waals surface area (Å²) in [4.78, 5) is 12.0. The molecule has 17 heavy (non-hydrogen) atoms. The number of aromatic nitrogens is 2. The molecule has 0 unspecified atom stereocenters. The predicted octanol–water partition coefficient (Wildman–Crippen LogP) is 2.66. The average Bonchev–Trinajstić information content (AvgIpc) is 3.07. The second-order valence-electron chi connectivity index (χ2n) is 4.95. The van der Waals surface area contributed by atoms with E-state index < -0.39 is 0 Å². The van der Waals surface area contributed by atoms with E-state index in [1.165, 1.54) is 18.4 Å². The van der Waals surface area contributed by atoms with Gasteiger partial charge in [0.1, 0.15) is 0 Å². The normalized spacial score (nSPS) is 15.2. The number of hydrogen-bond acceptors (Lipinski definition) is 1. The van der Waals surface area contributed by atoms with Gasteiger partial charge in [-0.25, -0.2) is 4.68 Å². The maximum Gasteiger partial charge on any atom is 0.271 e. The SMILES string of the molecule is Cc1ccc(C)c(-n2[nH]c(C3CC3)cc2=O)c1. The molecule has 0 aliphatic heterocycles. The summed E-state index contributed by atoms with van der Waals surface area (Å²) < 4.78 is 1.66. The maximum absolute atomic E-state index is 12.0. The minimum absolute atomic E-state index is 0.0422. The van der Waals surface area contributed by atoms with Gasteiger partial charge < -0.3 is 0 Å². The minimum atomic E-state index is 0.0422. The number of hydrogen-bond donors (Lipinski definition) is 1. The van der Waals surface area contributed by atoms with Crippen LogP contribution in [0.2, 0.25) is 0 Å². The van der Waals surface area contributed by atoms with E-state index in [0.29, 0.717) is 5.92 Å². The van der Waals surface area contributed by atoms with Crippen LogP contribution in [-0.4, -0.2) is 9.78 Å². The van der Waals surface area contributed by atoms with Crippen LogP contribution < -0.4 is 5.56 Å². The van der Waals surface area contributed by atoms with Crippen LogP contribution in [0.15, 0.2) is 29.1 Å². The molecule has 1 aliphatic rings. The Morgan fingerprint density at radius 2 is 2.00 bits per heavy atom. The van der Waals surface area contributed by atoms with Crippen LogP contribution >= 0.6 is 0 Å². The number of aromatic amines is 1. The highest BCUT2D eigenvalue weighted by Crippen LogP contribution is 2.38. The van der Waals surface area contributed by atoms with Crippen molar-refractivity contribution in [2.45, 2.75) is 32.6 Å². The molecule has 1 N–H and O–H groups in total. The molecule has 0 amide bonds. The zero-order valence-electron chi connectivity index (χ0n) is 10.2. The first-order valence-electron chi connectivity index (χ1n) is 6.05. The van der Waals surface area contributed by atoms with E-state index in [-0.39, 0.29) is 5.56 Å². The molecule has 1 aromatic heterocycles. The molecule has 1 heterocycles. The number of nitrogens with one attached hydrogen (secondary N) is 1. The Labute approximate surface area is 100 Å². The van der Waals surface area contributed by atoms with E-state index in [4.69, 9.17) is 0 Å². The van der Waals surface area contributed by atoms with Crippen LogP contribution in [0, 0.1) is 13.8 Å². The van der Waals surface area contributed by atoms with Gasteiger partial charge in [0, 0.05) is 17.7 Å². The molecule has 0 atom stereocenters. The predicted molar refractivity (Wildman–Crippen MR) is 67.8 cm³/mol. The van der Waals surface area contributed by atoms with E-state index in [2.05, 4.69) is 17.2 Å². The Balaban J connectivity index is 2.13. The fourth-order valence-electron chi connectivity index (χ4n) is 2.16. The lowest BCUT2D eigenvalue weighted by Gasteiger charge is -2.07. The van der Waals surface area contributed by atoms with Gasteiger partial charge in [-0.15, -0.1) is 0 Å². The first kappa shape index (κ1) is 10.4. The highest BCUT2D eigenvalue weighted by atomic mass is 16.1. The summed E-state index contributed by atoms with van der Waals surface area (Å²) in [7, 11) is 0. The number of nitrogens with zero attached hydrogens (tertiary/aromatic N) is 1. The lowest BCUT2D eigenvalue weighted by molar-refractivity contribution is 0.810. The van der Waals surface area contributed by atoms with E-state index in [9.17, 15) is 4.79 Å². The Morgan fingerprint density at radius 1 is 1.24 bits per heavy atom. The Hall–Kier alpha value is -1.77. The molecular weight excluding hydrogens is 212 g/mol. The molecule has 3 rings (SSSR count). The van der Waals surface area contributed by atoms with Gasteiger partial charge in [0.05, 0.1) is 5.69 Å². The average molecular weight is 228 g/mol. The third kappa shape index (κ3) is 1.82. The van der Waals surface area contributed by atoms with Crippen molar-refractivity contribution >= 4 is 0 Å². The van der Waals surface area contributed by atoms with Crippen molar-refractivity contribution in [1.82, 2.24) is 9.78 Å². The van der Waals surface area contributed by atoms with Gasteiger partial charge in [-0.2, -0.15) is 0 Å². The molecule has 0 saturated heterocycles. The molecular formula is C14H16N2O. The Bertz CT molecular complexity index is 617. The van der Waals surface area contributed by atoms with Crippen LogP contribution in [0.3, 0.4) is 0 Å². The van der Waals surface area contributed by atoms with Gasteiger partial charge in [-0.05, 0) is 43.9 Å². The third-order valence-corrected chi connectivity index (χ3v) is 3.36. The summed E-state index contributed by atoms with van der Waals surface area (Å²) in [6.45, 7) is 4.07. The quantitative estimate of drug-likeness (QED) is 0.843. The van der Waals surface area contributed by atoms with Crippen LogP contribution in [0.5, 0.6) is 0 Å². The van der Waals surface area contributed by atoms with E-state index in [1.807, 2.05) is 19.9 Å². The zero-order valence-corrected chi connectivity index (χ0v) is 10.2. The summed E-state index contributed by atoms with van der Waals surface area (Å²) in [6, 6.07) is 7.90. The van der Waals surface area contributed by atoms with Crippen molar-refractivity contribution in [2.75, 3.05) is 0 Å². The Morgan fingerprint density at radius 3 is 2.71 bits per heavy atom. The molecule has 3 heteroatoms. The first-order valence-corrected chi connectivity index (χ1v) is 6.05. The van der Waals surface area contributed by atoms with Crippen molar-refractivity contribution in [3.8, 4) is 5.69 Å². The summed E-state index contributed by atoms with van der Waals surface area (Å²) in [5, 5.41) is 3.23.